The van der Waals surface area contributed by atoms with Gasteiger partial charge in [-0.15, -0.1) is 0 Å². The Morgan fingerprint density at radius 3 is 2.10 bits per heavy atom. The molecule has 0 radical (unpaired) electrons. The van der Waals surface area contributed by atoms with Crippen LogP contribution in [0.15, 0.2) is 24.5 Å². The minimum absolute atomic E-state index is 0.628. The van der Waals surface area contributed by atoms with Crippen molar-refractivity contribution in [1.82, 2.24) is 9.22 Å². The fraction of sp³-hybridized carbons (Fsp3) is 0.562. The summed E-state index contributed by atoms with van der Waals surface area (Å²) in [6.07, 6.45) is 3.78. The SMILES string of the molecule is CC(C)[Si](C(C)C)(C(C)C)n1c(Cl)cc2cnccc21. The molecule has 0 aliphatic carbocycles. The molecule has 0 saturated carbocycles. The van der Waals surface area contributed by atoms with Gasteiger partial charge in [-0.3, -0.25) is 4.98 Å². The van der Waals surface area contributed by atoms with Gasteiger partial charge in [0.1, 0.15) is 5.15 Å². The quantitative estimate of drug-likeness (QED) is 0.661. The Balaban J connectivity index is 2.85. The van der Waals surface area contributed by atoms with Gasteiger partial charge in [0.05, 0.1) is 0 Å². The highest BCUT2D eigenvalue weighted by Crippen LogP contribution is 2.46. The molecule has 2 nitrogen and oxygen atoms in total. The molecule has 0 atom stereocenters. The first kappa shape index (κ1) is 15.6. The van der Waals surface area contributed by atoms with E-state index in [1.807, 2.05) is 12.4 Å². The van der Waals surface area contributed by atoms with Crippen LogP contribution < -0.4 is 0 Å². The zero-order valence-electron chi connectivity index (χ0n) is 13.3. The Morgan fingerprint density at radius 2 is 1.60 bits per heavy atom. The lowest BCUT2D eigenvalue weighted by Crippen LogP contribution is -2.52. The van der Waals surface area contributed by atoms with Gasteiger partial charge in [0.25, 0.3) is 0 Å². The molecule has 2 heterocycles. The average molecular weight is 309 g/mol. The second-order valence-electron chi connectivity index (χ2n) is 6.59. The van der Waals surface area contributed by atoms with Crippen molar-refractivity contribution < 1.29 is 0 Å². The van der Waals surface area contributed by atoms with E-state index in [-0.39, 0.29) is 0 Å². The van der Waals surface area contributed by atoms with Crippen LogP contribution in [0.4, 0.5) is 0 Å². The summed E-state index contributed by atoms with van der Waals surface area (Å²) in [5.41, 5.74) is 3.13. The van der Waals surface area contributed by atoms with Gasteiger partial charge >= 0.3 is 0 Å². The number of rotatable bonds is 4. The van der Waals surface area contributed by atoms with Crippen molar-refractivity contribution in [3.05, 3.63) is 29.7 Å². The first-order chi connectivity index (χ1) is 9.33. The molecule has 0 N–H and O–H groups in total. The Bertz CT molecular complexity index is 580. The van der Waals surface area contributed by atoms with Crippen molar-refractivity contribution in [3.8, 4) is 0 Å². The molecule has 0 fully saturated rings. The van der Waals surface area contributed by atoms with E-state index in [9.17, 15) is 0 Å². The summed E-state index contributed by atoms with van der Waals surface area (Å²) in [5.74, 6) is 0. The Kier molecular flexibility index (Phi) is 4.31. The largest absolute Gasteiger partial charge is 0.358 e. The van der Waals surface area contributed by atoms with Crippen LogP contribution in [0.2, 0.25) is 21.8 Å². The molecule has 2 aromatic rings. The molecule has 0 amide bonds. The number of hydrogen-bond donors (Lipinski definition) is 0. The van der Waals surface area contributed by atoms with Crippen LogP contribution in [-0.2, 0) is 0 Å². The number of aromatic nitrogens is 2. The second-order valence-corrected chi connectivity index (χ2v) is 12.7. The van der Waals surface area contributed by atoms with Crippen LogP contribution in [-0.4, -0.2) is 17.5 Å². The molecule has 2 aromatic heterocycles. The summed E-state index contributed by atoms with van der Waals surface area (Å²) < 4.78 is 2.48. The highest BCUT2D eigenvalue weighted by Gasteiger charge is 2.46. The number of pyridine rings is 1. The minimum Gasteiger partial charge on any atom is -0.358 e. The van der Waals surface area contributed by atoms with Gasteiger partial charge in [-0.25, -0.2) is 0 Å². The van der Waals surface area contributed by atoms with Crippen LogP contribution in [0.25, 0.3) is 10.9 Å². The maximum atomic E-state index is 6.65. The molecule has 2 rings (SSSR count). The lowest BCUT2D eigenvalue weighted by Gasteiger charge is -2.45. The lowest BCUT2D eigenvalue weighted by atomic mass is 10.3. The molecule has 4 heteroatoms. The van der Waals surface area contributed by atoms with E-state index in [0.29, 0.717) is 16.6 Å². The van der Waals surface area contributed by atoms with Crippen molar-refractivity contribution in [1.29, 1.82) is 0 Å². The summed E-state index contributed by atoms with van der Waals surface area (Å²) in [6.45, 7) is 14.1. The third-order valence-electron chi connectivity index (χ3n) is 4.72. The third kappa shape index (κ3) is 2.11. The molecule has 0 aliphatic heterocycles. The lowest BCUT2D eigenvalue weighted by molar-refractivity contribution is 0.773. The van der Waals surface area contributed by atoms with Gasteiger partial charge in [-0.2, -0.15) is 0 Å². The van der Waals surface area contributed by atoms with E-state index >= 15 is 0 Å². The topological polar surface area (TPSA) is 17.8 Å². The van der Waals surface area contributed by atoms with E-state index in [2.05, 4.69) is 62.9 Å². The highest BCUT2D eigenvalue weighted by atomic mass is 35.5. The van der Waals surface area contributed by atoms with E-state index < -0.39 is 8.24 Å². The average Bonchev–Trinajstić information content (AvgIpc) is 2.66. The van der Waals surface area contributed by atoms with Crippen molar-refractivity contribution in [2.24, 2.45) is 0 Å². The Labute approximate surface area is 128 Å². The van der Waals surface area contributed by atoms with E-state index in [1.165, 1.54) is 5.52 Å². The fourth-order valence-electron chi connectivity index (χ4n) is 4.19. The molecule has 0 saturated heterocycles. The predicted molar refractivity (Wildman–Crippen MR) is 91.2 cm³/mol. The monoisotopic (exact) mass is 308 g/mol. The van der Waals surface area contributed by atoms with Gasteiger partial charge in [0.2, 0.25) is 0 Å². The number of hydrogen-bond acceptors (Lipinski definition) is 1. The maximum Gasteiger partial charge on any atom is 0.171 e. The summed E-state index contributed by atoms with van der Waals surface area (Å²) in [5, 5.41) is 2.02. The van der Waals surface area contributed by atoms with Gasteiger partial charge in [0.15, 0.2) is 8.24 Å². The van der Waals surface area contributed by atoms with Crippen molar-refractivity contribution in [2.75, 3.05) is 0 Å². The summed E-state index contributed by atoms with van der Waals surface area (Å²) in [6, 6.07) is 4.18. The zero-order chi connectivity index (χ0) is 15.1. The molecule has 0 aromatic carbocycles. The van der Waals surface area contributed by atoms with Gasteiger partial charge < -0.3 is 4.23 Å². The van der Waals surface area contributed by atoms with Crippen LogP contribution in [0, 0.1) is 0 Å². The van der Waals surface area contributed by atoms with E-state index in [0.717, 1.165) is 10.5 Å². The van der Waals surface area contributed by atoms with Crippen LogP contribution in [0.5, 0.6) is 0 Å². The molecule has 20 heavy (non-hydrogen) atoms. The van der Waals surface area contributed by atoms with Gasteiger partial charge in [0, 0.05) is 23.3 Å². The van der Waals surface area contributed by atoms with Crippen LogP contribution >= 0.6 is 11.6 Å². The number of fused-ring (bicyclic) bond motifs is 1. The second kappa shape index (κ2) is 5.53. The minimum atomic E-state index is -1.80. The third-order valence-corrected chi connectivity index (χ3v) is 11.9. The summed E-state index contributed by atoms with van der Waals surface area (Å²) >= 11 is 6.65. The van der Waals surface area contributed by atoms with Crippen molar-refractivity contribution in [2.45, 2.75) is 58.2 Å². The smallest absolute Gasteiger partial charge is 0.171 e. The normalized spacial score (nSPS) is 13.1. The maximum absolute atomic E-state index is 6.65. The van der Waals surface area contributed by atoms with Gasteiger partial charge in [-0.1, -0.05) is 53.1 Å². The van der Waals surface area contributed by atoms with Crippen molar-refractivity contribution in [3.63, 3.8) is 0 Å². The molecule has 0 spiro atoms. The summed E-state index contributed by atoms with van der Waals surface area (Å²) in [4.78, 5) is 4.23. The van der Waals surface area contributed by atoms with Crippen molar-refractivity contribution >= 4 is 30.7 Å². The van der Waals surface area contributed by atoms with Crippen LogP contribution in [0.3, 0.4) is 0 Å². The van der Waals surface area contributed by atoms with Crippen LogP contribution in [0.1, 0.15) is 41.5 Å². The molecule has 0 bridgehead atoms. The predicted octanol–water partition coefficient (Wildman–Crippen LogP) is 5.71. The first-order valence-corrected chi connectivity index (χ1v) is 10.0. The molecule has 110 valence electrons. The zero-order valence-corrected chi connectivity index (χ0v) is 15.1. The molecular weight excluding hydrogens is 284 g/mol. The summed E-state index contributed by atoms with van der Waals surface area (Å²) in [7, 11) is -1.80. The fourth-order valence-corrected chi connectivity index (χ4v) is 11.4. The standard InChI is InChI=1S/C16H25ClN2Si/c1-11(2)20(12(3)4,13(5)6)19-15-7-8-18-10-14(15)9-16(19)17/h7-13H,1-6H3. The highest BCUT2D eigenvalue weighted by molar-refractivity contribution is 6.83. The van der Waals surface area contributed by atoms with E-state index in [4.69, 9.17) is 11.6 Å². The van der Waals surface area contributed by atoms with Gasteiger partial charge in [-0.05, 0) is 28.8 Å². The Hall–Kier alpha value is -0.803. The van der Waals surface area contributed by atoms with E-state index in [1.54, 1.807) is 0 Å². The molecular formula is C16H25ClN2Si. The number of halogens is 1. The Morgan fingerprint density at radius 1 is 1.05 bits per heavy atom. The molecule has 0 unspecified atom stereocenters. The number of nitrogens with zero attached hydrogens (tertiary/aromatic N) is 2. The molecule has 0 aliphatic rings. The first-order valence-electron chi connectivity index (χ1n) is 7.44.